The van der Waals surface area contributed by atoms with Crippen molar-refractivity contribution < 1.29 is 9.84 Å². The molecule has 0 bridgehead atoms. The Labute approximate surface area is 115 Å². The van der Waals surface area contributed by atoms with Crippen molar-refractivity contribution >= 4 is 0 Å². The first-order chi connectivity index (χ1) is 9.20. The molecule has 2 rings (SSSR count). The van der Waals surface area contributed by atoms with Crippen molar-refractivity contribution in [2.24, 2.45) is 13.0 Å². The van der Waals surface area contributed by atoms with Gasteiger partial charge in [-0.05, 0) is 25.7 Å². The van der Waals surface area contributed by atoms with Crippen LogP contribution in [-0.2, 0) is 18.2 Å². The maximum atomic E-state index is 10.5. The molecule has 2 atom stereocenters. The van der Waals surface area contributed by atoms with Gasteiger partial charge in [0, 0.05) is 26.3 Å². The molecule has 5 heteroatoms. The van der Waals surface area contributed by atoms with Crippen LogP contribution in [0, 0.1) is 5.92 Å². The van der Waals surface area contributed by atoms with Crippen LogP contribution in [0.5, 0.6) is 0 Å². The molecule has 1 aromatic heterocycles. The maximum Gasteiger partial charge on any atom is 0.0865 e. The fourth-order valence-corrected chi connectivity index (χ4v) is 3.04. The molecule has 0 saturated heterocycles. The molecule has 0 radical (unpaired) electrons. The van der Waals surface area contributed by atoms with Gasteiger partial charge in [-0.3, -0.25) is 4.68 Å². The fraction of sp³-hybridized carbons (Fsp3) is 0.857. The van der Waals surface area contributed by atoms with Gasteiger partial charge in [-0.2, -0.15) is 0 Å². The van der Waals surface area contributed by atoms with E-state index in [1.54, 1.807) is 4.68 Å². The second kappa shape index (κ2) is 7.01. The highest BCUT2D eigenvalue weighted by atomic mass is 16.5. The molecule has 0 spiro atoms. The molecule has 1 heterocycles. The van der Waals surface area contributed by atoms with E-state index in [1.165, 1.54) is 32.1 Å². The lowest BCUT2D eigenvalue weighted by molar-refractivity contribution is -0.0718. The van der Waals surface area contributed by atoms with Gasteiger partial charge in [0.25, 0.3) is 0 Å². The standard InChI is InChI=1S/C14H25N3O2/c1-3-19-14(11-7-5-4-6-8-11)13(18)9-12-10-17(2)16-15-12/h10-11,13-14,18H,3-9H2,1-2H3. The lowest BCUT2D eigenvalue weighted by atomic mass is 9.82. The first-order valence-electron chi connectivity index (χ1n) is 7.35. The van der Waals surface area contributed by atoms with Gasteiger partial charge < -0.3 is 9.84 Å². The highest BCUT2D eigenvalue weighted by molar-refractivity contribution is 4.96. The van der Waals surface area contributed by atoms with Crippen LogP contribution in [0.15, 0.2) is 6.20 Å². The van der Waals surface area contributed by atoms with Crippen LogP contribution < -0.4 is 0 Å². The normalized spacial score (nSPS) is 20.4. The van der Waals surface area contributed by atoms with Crippen LogP contribution in [0.1, 0.15) is 44.7 Å². The number of aliphatic hydroxyl groups excluding tert-OH is 1. The quantitative estimate of drug-likeness (QED) is 0.852. The van der Waals surface area contributed by atoms with Gasteiger partial charge in [-0.15, -0.1) is 5.10 Å². The minimum Gasteiger partial charge on any atom is -0.390 e. The Balaban J connectivity index is 1.96. The van der Waals surface area contributed by atoms with Gasteiger partial charge in [0.2, 0.25) is 0 Å². The molecular weight excluding hydrogens is 242 g/mol. The van der Waals surface area contributed by atoms with Gasteiger partial charge in [0.1, 0.15) is 0 Å². The second-order valence-corrected chi connectivity index (χ2v) is 5.47. The van der Waals surface area contributed by atoms with Gasteiger partial charge in [-0.1, -0.05) is 24.5 Å². The van der Waals surface area contributed by atoms with Gasteiger partial charge in [0.05, 0.1) is 17.9 Å². The molecule has 1 aliphatic rings. The highest BCUT2D eigenvalue weighted by Gasteiger charge is 2.30. The average Bonchev–Trinajstić information content (AvgIpc) is 2.82. The van der Waals surface area contributed by atoms with Crippen LogP contribution in [-0.4, -0.2) is 38.9 Å². The lowest BCUT2D eigenvalue weighted by Gasteiger charge is -2.33. The topological polar surface area (TPSA) is 60.2 Å². The van der Waals surface area contributed by atoms with Gasteiger partial charge in [-0.25, -0.2) is 0 Å². The van der Waals surface area contributed by atoms with E-state index in [1.807, 2.05) is 20.2 Å². The largest absolute Gasteiger partial charge is 0.390 e. The summed E-state index contributed by atoms with van der Waals surface area (Å²) in [6.45, 7) is 2.64. The third-order valence-corrected chi connectivity index (χ3v) is 3.92. The minimum atomic E-state index is -0.486. The number of nitrogens with zero attached hydrogens (tertiary/aromatic N) is 3. The molecule has 5 nitrogen and oxygen atoms in total. The first-order valence-corrected chi connectivity index (χ1v) is 7.35. The lowest BCUT2D eigenvalue weighted by Crippen LogP contribution is -2.38. The van der Waals surface area contributed by atoms with E-state index in [0.29, 0.717) is 18.9 Å². The van der Waals surface area contributed by atoms with E-state index in [4.69, 9.17) is 4.74 Å². The number of aryl methyl sites for hydroxylation is 1. The maximum absolute atomic E-state index is 10.5. The van der Waals surface area contributed by atoms with Crippen molar-refractivity contribution in [3.63, 3.8) is 0 Å². The monoisotopic (exact) mass is 267 g/mol. The summed E-state index contributed by atoms with van der Waals surface area (Å²) in [6, 6.07) is 0. The van der Waals surface area contributed by atoms with Crippen molar-refractivity contribution in [3.05, 3.63) is 11.9 Å². The van der Waals surface area contributed by atoms with E-state index < -0.39 is 6.10 Å². The van der Waals surface area contributed by atoms with E-state index in [2.05, 4.69) is 10.3 Å². The highest BCUT2D eigenvalue weighted by Crippen LogP contribution is 2.30. The first kappa shape index (κ1) is 14.5. The molecule has 0 amide bonds. The van der Waals surface area contributed by atoms with E-state index in [0.717, 1.165) is 5.69 Å². The Kier molecular flexibility index (Phi) is 5.34. The van der Waals surface area contributed by atoms with Crippen molar-refractivity contribution in [1.82, 2.24) is 15.0 Å². The van der Waals surface area contributed by atoms with Crippen molar-refractivity contribution in [2.75, 3.05) is 6.61 Å². The minimum absolute atomic E-state index is 0.0627. The van der Waals surface area contributed by atoms with Crippen molar-refractivity contribution in [3.8, 4) is 0 Å². The molecule has 19 heavy (non-hydrogen) atoms. The number of hydrogen-bond acceptors (Lipinski definition) is 4. The Bertz CT molecular complexity index is 375. The summed E-state index contributed by atoms with van der Waals surface area (Å²) in [4.78, 5) is 0. The third-order valence-electron chi connectivity index (χ3n) is 3.92. The summed E-state index contributed by atoms with van der Waals surface area (Å²) in [6.07, 6.45) is 7.99. The number of hydrogen-bond donors (Lipinski definition) is 1. The van der Waals surface area contributed by atoms with E-state index in [9.17, 15) is 5.11 Å². The molecule has 1 N–H and O–H groups in total. The van der Waals surface area contributed by atoms with Crippen molar-refractivity contribution in [2.45, 2.75) is 57.7 Å². The Morgan fingerprint density at radius 2 is 2.16 bits per heavy atom. The van der Waals surface area contributed by atoms with E-state index in [-0.39, 0.29) is 6.10 Å². The molecule has 0 aromatic carbocycles. The van der Waals surface area contributed by atoms with Gasteiger partial charge in [0.15, 0.2) is 0 Å². The number of ether oxygens (including phenoxy) is 1. The zero-order chi connectivity index (χ0) is 13.7. The smallest absolute Gasteiger partial charge is 0.0865 e. The van der Waals surface area contributed by atoms with Crippen LogP contribution in [0.4, 0.5) is 0 Å². The van der Waals surface area contributed by atoms with E-state index >= 15 is 0 Å². The SMILES string of the molecule is CCOC(C(O)Cc1cn(C)nn1)C1CCCCC1. The Morgan fingerprint density at radius 3 is 2.74 bits per heavy atom. The summed E-state index contributed by atoms with van der Waals surface area (Å²) in [5, 5.41) is 18.4. The summed E-state index contributed by atoms with van der Waals surface area (Å²) in [5.74, 6) is 0.486. The van der Waals surface area contributed by atoms with Crippen LogP contribution in [0.2, 0.25) is 0 Å². The molecule has 2 unspecified atom stereocenters. The average molecular weight is 267 g/mol. The van der Waals surface area contributed by atoms with Crippen molar-refractivity contribution in [1.29, 1.82) is 0 Å². The molecule has 1 fully saturated rings. The summed E-state index contributed by atoms with van der Waals surface area (Å²) < 4.78 is 7.48. The van der Waals surface area contributed by atoms with Crippen LogP contribution >= 0.6 is 0 Å². The van der Waals surface area contributed by atoms with Crippen LogP contribution in [0.3, 0.4) is 0 Å². The number of aliphatic hydroxyl groups is 1. The molecule has 1 saturated carbocycles. The predicted molar refractivity (Wildman–Crippen MR) is 72.7 cm³/mol. The fourth-order valence-electron chi connectivity index (χ4n) is 3.04. The zero-order valence-electron chi connectivity index (χ0n) is 12.0. The summed E-state index contributed by atoms with van der Waals surface area (Å²) in [7, 11) is 1.84. The predicted octanol–water partition coefficient (Wildman–Crippen LogP) is 1.70. The summed E-state index contributed by atoms with van der Waals surface area (Å²) >= 11 is 0. The number of rotatable bonds is 6. The molecule has 0 aliphatic heterocycles. The third kappa shape index (κ3) is 4.01. The Morgan fingerprint density at radius 1 is 1.42 bits per heavy atom. The van der Waals surface area contributed by atoms with Gasteiger partial charge >= 0.3 is 0 Å². The number of aromatic nitrogens is 3. The molecule has 108 valence electrons. The second-order valence-electron chi connectivity index (χ2n) is 5.47. The Hall–Kier alpha value is -0.940. The zero-order valence-corrected chi connectivity index (χ0v) is 12.0. The van der Waals surface area contributed by atoms with Crippen LogP contribution in [0.25, 0.3) is 0 Å². The molecule has 1 aliphatic carbocycles. The molecular formula is C14H25N3O2. The summed E-state index contributed by atoms with van der Waals surface area (Å²) in [5.41, 5.74) is 0.829. The molecule has 1 aromatic rings.